The number of carbonyl (C=O) groups is 1. The van der Waals surface area contributed by atoms with Gasteiger partial charge < -0.3 is 10.1 Å². The van der Waals surface area contributed by atoms with E-state index < -0.39 is 16.1 Å². The van der Waals surface area contributed by atoms with Crippen LogP contribution in [0.15, 0.2) is 48.5 Å². The van der Waals surface area contributed by atoms with Crippen molar-refractivity contribution >= 4 is 21.6 Å². The number of anilines is 1. The Kier molecular flexibility index (Phi) is 6.93. The predicted molar refractivity (Wildman–Crippen MR) is 103 cm³/mol. The summed E-state index contributed by atoms with van der Waals surface area (Å²) in [6.07, 6.45) is 1.28. The number of rotatable bonds is 8. The molecule has 2 aromatic rings. The maximum Gasteiger partial charge on any atom is 0.226 e. The van der Waals surface area contributed by atoms with Gasteiger partial charge in [0, 0.05) is 12.1 Å². The number of benzene rings is 2. The van der Waals surface area contributed by atoms with Crippen molar-refractivity contribution in [2.45, 2.75) is 18.9 Å². The van der Waals surface area contributed by atoms with Gasteiger partial charge in [-0.3, -0.25) is 4.79 Å². The summed E-state index contributed by atoms with van der Waals surface area (Å²) in [4.78, 5) is 12.4. The normalized spacial score (nSPS) is 12.0. The highest BCUT2D eigenvalue weighted by atomic mass is 32.2. The number of amides is 1. The lowest BCUT2D eigenvalue weighted by atomic mass is 10.0. The first-order chi connectivity index (χ1) is 12.8. The van der Waals surface area contributed by atoms with Crippen molar-refractivity contribution in [3.05, 3.63) is 59.7 Å². The quantitative estimate of drug-likeness (QED) is 0.723. The van der Waals surface area contributed by atoms with Crippen molar-refractivity contribution in [2.24, 2.45) is 0 Å². The van der Waals surface area contributed by atoms with E-state index in [1.54, 1.807) is 48.5 Å². The molecule has 0 aliphatic carbocycles. The second-order valence-electron chi connectivity index (χ2n) is 6.00. The topological polar surface area (TPSA) is 108 Å². The number of ether oxygens (including phenoxy) is 1. The zero-order valence-electron chi connectivity index (χ0n) is 15.1. The van der Waals surface area contributed by atoms with E-state index in [4.69, 9.17) is 10.00 Å². The summed E-state index contributed by atoms with van der Waals surface area (Å²) in [6.45, 7) is 0. The third-order valence-corrected chi connectivity index (χ3v) is 4.50. The smallest absolute Gasteiger partial charge is 0.226 e. The zero-order chi connectivity index (χ0) is 19.9. The van der Waals surface area contributed by atoms with Crippen LogP contribution in [0.3, 0.4) is 0 Å². The van der Waals surface area contributed by atoms with Crippen molar-refractivity contribution in [3.63, 3.8) is 0 Å². The van der Waals surface area contributed by atoms with E-state index in [2.05, 4.69) is 16.1 Å². The van der Waals surface area contributed by atoms with E-state index >= 15 is 0 Å². The van der Waals surface area contributed by atoms with Crippen LogP contribution in [0.1, 0.15) is 23.6 Å². The Bertz CT molecular complexity index is 917. The van der Waals surface area contributed by atoms with Crippen LogP contribution in [0.2, 0.25) is 0 Å². The van der Waals surface area contributed by atoms with E-state index in [0.717, 1.165) is 11.8 Å². The van der Waals surface area contributed by atoms with Crippen LogP contribution in [0, 0.1) is 11.3 Å². The number of nitrogens with zero attached hydrogens (tertiary/aromatic N) is 1. The van der Waals surface area contributed by atoms with Crippen molar-refractivity contribution in [3.8, 4) is 11.8 Å². The number of nitriles is 1. The molecule has 0 spiro atoms. The van der Waals surface area contributed by atoms with Crippen molar-refractivity contribution in [1.82, 2.24) is 4.72 Å². The predicted octanol–water partition coefficient (Wildman–Crippen LogP) is 2.38. The molecule has 0 saturated heterocycles. The van der Waals surface area contributed by atoms with Gasteiger partial charge in [-0.05, 0) is 35.4 Å². The van der Waals surface area contributed by atoms with E-state index in [1.165, 1.54) is 7.11 Å². The van der Waals surface area contributed by atoms with Crippen molar-refractivity contribution in [2.75, 3.05) is 18.7 Å². The van der Waals surface area contributed by atoms with E-state index in [0.29, 0.717) is 23.4 Å². The Morgan fingerprint density at radius 3 is 2.30 bits per heavy atom. The third-order valence-electron chi connectivity index (χ3n) is 3.78. The minimum Gasteiger partial charge on any atom is -0.497 e. The summed E-state index contributed by atoms with van der Waals surface area (Å²) in [7, 11) is -1.97. The van der Waals surface area contributed by atoms with Crippen LogP contribution in [0.25, 0.3) is 0 Å². The fraction of sp³-hybridized carbons (Fsp3) is 0.263. The summed E-state index contributed by atoms with van der Waals surface area (Å²) in [5.74, 6) is 0.304. The summed E-state index contributed by atoms with van der Waals surface area (Å²) >= 11 is 0. The van der Waals surface area contributed by atoms with Gasteiger partial charge in [0.25, 0.3) is 0 Å². The molecule has 2 N–H and O–H groups in total. The van der Waals surface area contributed by atoms with Gasteiger partial charge in [0.05, 0.1) is 31.9 Å². The highest BCUT2D eigenvalue weighted by Gasteiger charge is 2.20. The molecule has 2 aromatic carbocycles. The maximum atomic E-state index is 12.4. The molecule has 0 saturated carbocycles. The van der Waals surface area contributed by atoms with Crippen LogP contribution in [0.5, 0.6) is 5.75 Å². The summed E-state index contributed by atoms with van der Waals surface area (Å²) < 4.78 is 31.0. The van der Waals surface area contributed by atoms with Crippen molar-refractivity contribution in [1.29, 1.82) is 5.26 Å². The number of methoxy groups -OCH3 is 1. The Balaban J connectivity index is 2.11. The second-order valence-corrected chi connectivity index (χ2v) is 7.78. The lowest BCUT2D eigenvalue weighted by Gasteiger charge is -2.18. The van der Waals surface area contributed by atoms with Gasteiger partial charge in [-0.25, -0.2) is 13.1 Å². The van der Waals surface area contributed by atoms with Gasteiger partial charge in [-0.15, -0.1) is 0 Å². The molecule has 0 aromatic heterocycles. The minimum atomic E-state index is -3.51. The minimum absolute atomic E-state index is 0.0701. The summed E-state index contributed by atoms with van der Waals surface area (Å²) in [5.41, 5.74) is 2.08. The molecule has 142 valence electrons. The number of nitrogens with one attached hydrogen (secondary N) is 2. The SMILES string of the molecule is COc1ccc([C@H](CC(=O)Nc2ccc(CC#N)cc2)NS(C)(=O)=O)cc1. The molecule has 0 heterocycles. The molecule has 0 radical (unpaired) electrons. The second kappa shape index (κ2) is 9.16. The number of hydrogen-bond donors (Lipinski definition) is 2. The zero-order valence-corrected chi connectivity index (χ0v) is 15.9. The Hall–Kier alpha value is -2.89. The van der Waals surface area contributed by atoms with Crippen LogP contribution >= 0.6 is 0 Å². The molecule has 0 aliphatic rings. The first kappa shape index (κ1) is 20.4. The fourth-order valence-corrected chi connectivity index (χ4v) is 3.25. The maximum absolute atomic E-state index is 12.4. The third kappa shape index (κ3) is 6.73. The number of sulfonamides is 1. The standard InChI is InChI=1S/C19H21N3O4S/c1-26-17-9-5-15(6-10-17)18(22-27(2,24)25)13-19(23)21-16-7-3-14(4-8-16)11-12-20/h3-10,18,22H,11,13H2,1-2H3,(H,21,23)/t18-/m0/s1. The fourth-order valence-electron chi connectivity index (χ4n) is 2.52. The largest absolute Gasteiger partial charge is 0.497 e. The molecule has 0 aliphatic heterocycles. The molecular weight excluding hydrogens is 366 g/mol. The van der Waals surface area contributed by atoms with Gasteiger partial charge >= 0.3 is 0 Å². The van der Waals surface area contributed by atoms with E-state index in [1.807, 2.05) is 0 Å². The number of carbonyl (C=O) groups excluding carboxylic acids is 1. The first-order valence-corrected chi connectivity index (χ1v) is 10.1. The number of hydrogen-bond acceptors (Lipinski definition) is 5. The monoisotopic (exact) mass is 387 g/mol. The van der Waals surface area contributed by atoms with Crippen LogP contribution in [-0.4, -0.2) is 27.7 Å². The van der Waals surface area contributed by atoms with Gasteiger partial charge in [-0.2, -0.15) is 5.26 Å². The van der Waals surface area contributed by atoms with E-state index in [-0.39, 0.29) is 12.3 Å². The molecule has 0 bridgehead atoms. The molecule has 1 atom stereocenters. The van der Waals surface area contributed by atoms with Crippen molar-refractivity contribution < 1.29 is 17.9 Å². The van der Waals surface area contributed by atoms with Gasteiger partial charge in [-0.1, -0.05) is 24.3 Å². The molecule has 27 heavy (non-hydrogen) atoms. The molecular formula is C19H21N3O4S. The molecule has 1 amide bonds. The lowest BCUT2D eigenvalue weighted by Crippen LogP contribution is -2.30. The van der Waals surface area contributed by atoms with Gasteiger partial charge in [0.15, 0.2) is 0 Å². The first-order valence-electron chi connectivity index (χ1n) is 8.17. The van der Waals surface area contributed by atoms with Gasteiger partial charge in [0.1, 0.15) is 5.75 Å². The molecule has 0 unspecified atom stereocenters. The lowest BCUT2D eigenvalue weighted by molar-refractivity contribution is -0.116. The average Bonchev–Trinajstić information content (AvgIpc) is 2.62. The van der Waals surface area contributed by atoms with Crippen LogP contribution < -0.4 is 14.8 Å². The average molecular weight is 387 g/mol. The van der Waals surface area contributed by atoms with Crippen LogP contribution in [0.4, 0.5) is 5.69 Å². The summed E-state index contributed by atoms with van der Waals surface area (Å²) in [6, 6.07) is 15.1. The highest BCUT2D eigenvalue weighted by Crippen LogP contribution is 2.22. The Morgan fingerprint density at radius 1 is 1.15 bits per heavy atom. The molecule has 7 nitrogen and oxygen atoms in total. The van der Waals surface area contributed by atoms with E-state index in [9.17, 15) is 13.2 Å². The Labute approximate surface area is 159 Å². The molecule has 0 fully saturated rings. The van der Waals surface area contributed by atoms with Crippen LogP contribution in [-0.2, 0) is 21.2 Å². The Morgan fingerprint density at radius 2 is 1.78 bits per heavy atom. The summed E-state index contributed by atoms with van der Waals surface area (Å²) in [5, 5.41) is 11.4. The van der Waals surface area contributed by atoms with Gasteiger partial charge in [0.2, 0.25) is 15.9 Å². The molecule has 8 heteroatoms. The highest BCUT2D eigenvalue weighted by molar-refractivity contribution is 7.88. The molecule has 2 rings (SSSR count).